The van der Waals surface area contributed by atoms with E-state index in [0.29, 0.717) is 21.8 Å². The van der Waals surface area contributed by atoms with Crippen molar-refractivity contribution in [2.45, 2.75) is 39.1 Å². The molecule has 0 aliphatic rings. The molecule has 0 aliphatic carbocycles. The number of methoxy groups -OCH3 is 1. The molecule has 0 aromatic heterocycles. The molecule has 0 unspecified atom stereocenters. The van der Waals surface area contributed by atoms with Gasteiger partial charge in [-0.1, -0.05) is 68.8 Å². The number of halogens is 4. The Morgan fingerprint density at radius 2 is 1.53 bits per heavy atom. The zero-order valence-electron chi connectivity index (χ0n) is 20.2. The van der Waals surface area contributed by atoms with Gasteiger partial charge in [-0.15, -0.1) is 13.2 Å². The summed E-state index contributed by atoms with van der Waals surface area (Å²) in [5.41, 5.74) is 3.03. The third-order valence-electron chi connectivity index (χ3n) is 5.41. The minimum absolute atomic E-state index is 0.0439. The average Bonchev–Trinajstić information content (AvgIpc) is 2.81. The molecule has 0 saturated carbocycles. The lowest BCUT2D eigenvalue weighted by atomic mass is 9.86. The Bertz CT molecular complexity index is 1230. The monoisotopic (exact) mass is 519 g/mol. The van der Waals surface area contributed by atoms with Crippen LogP contribution >= 0.6 is 11.6 Å². The lowest BCUT2D eigenvalue weighted by molar-refractivity contribution is -0.274. The molecular weight excluding hydrogens is 495 g/mol. The zero-order valence-corrected chi connectivity index (χ0v) is 20.9. The van der Waals surface area contributed by atoms with Gasteiger partial charge in [-0.05, 0) is 52.4 Å². The van der Waals surface area contributed by atoms with E-state index in [9.17, 15) is 22.8 Å². The van der Waals surface area contributed by atoms with Crippen molar-refractivity contribution in [3.05, 3.63) is 82.9 Å². The number of carbonyl (C=O) groups is 2. The Labute approximate surface area is 212 Å². The van der Waals surface area contributed by atoms with Crippen molar-refractivity contribution < 1.29 is 32.2 Å². The number of amides is 1. The highest BCUT2D eigenvalue weighted by molar-refractivity contribution is 6.38. The summed E-state index contributed by atoms with van der Waals surface area (Å²) in [4.78, 5) is 26.5. The number of rotatable bonds is 5. The Balaban J connectivity index is 2.05. The number of alkyl halides is 3. The zero-order chi connectivity index (χ0) is 26.7. The molecule has 3 aromatic rings. The summed E-state index contributed by atoms with van der Waals surface area (Å²) in [5, 5.41) is 0.337. The van der Waals surface area contributed by atoms with E-state index >= 15 is 0 Å². The summed E-state index contributed by atoms with van der Waals surface area (Å²) in [5.74, 6) is -2.36. The van der Waals surface area contributed by atoms with Crippen LogP contribution in [0.1, 0.15) is 31.9 Å². The maximum atomic E-state index is 13.1. The van der Waals surface area contributed by atoms with Gasteiger partial charge in [-0.25, -0.2) is 4.79 Å². The molecule has 3 aromatic carbocycles. The quantitative estimate of drug-likeness (QED) is 0.271. The lowest BCUT2D eigenvalue weighted by Crippen LogP contribution is -2.37. The average molecular weight is 520 g/mol. The van der Waals surface area contributed by atoms with Crippen LogP contribution in [0.3, 0.4) is 0 Å². The lowest BCUT2D eigenvalue weighted by Gasteiger charge is -2.25. The number of carbonyl (C=O) groups excluding carboxylic acids is 2. The van der Waals surface area contributed by atoms with Crippen molar-refractivity contribution in [2.24, 2.45) is 0 Å². The van der Waals surface area contributed by atoms with E-state index in [4.69, 9.17) is 11.6 Å². The molecule has 0 atom stereocenters. The number of ether oxygens (including phenoxy) is 2. The summed E-state index contributed by atoms with van der Waals surface area (Å²) in [6.45, 7) is 6.29. The van der Waals surface area contributed by atoms with Gasteiger partial charge in [0.2, 0.25) is 0 Å². The minimum atomic E-state index is -4.82. The highest BCUT2D eigenvalue weighted by Crippen LogP contribution is 2.36. The van der Waals surface area contributed by atoms with Crippen LogP contribution in [0.2, 0.25) is 5.02 Å². The fraction of sp³-hybridized carbons (Fsp3) is 0.259. The fourth-order valence-corrected chi connectivity index (χ4v) is 3.74. The third-order valence-corrected chi connectivity index (χ3v) is 5.65. The molecule has 0 saturated heterocycles. The van der Waals surface area contributed by atoms with Gasteiger partial charge in [-0.3, -0.25) is 9.69 Å². The molecule has 1 amide bonds. The van der Waals surface area contributed by atoms with Crippen molar-refractivity contribution in [3.63, 3.8) is 0 Å². The molecule has 0 spiro atoms. The fourth-order valence-electron chi connectivity index (χ4n) is 3.57. The highest BCUT2D eigenvalue weighted by Gasteiger charge is 2.31. The Morgan fingerprint density at radius 3 is 2.06 bits per heavy atom. The third kappa shape index (κ3) is 6.79. The number of nitrogens with zero attached hydrogens (tertiary/aromatic N) is 1. The number of benzene rings is 3. The first-order chi connectivity index (χ1) is 16.8. The molecule has 5 nitrogen and oxygen atoms in total. The number of esters is 1. The van der Waals surface area contributed by atoms with Crippen LogP contribution < -0.4 is 9.64 Å². The molecule has 3 rings (SSSR count). The number of anilines is 1. The molecule has 0 fully saturated rings. The van der Waals surface area contributed by atoms with Crippen LogP contribution in [0.5, 0.6) is 5.75 Å². The van der Waals surface area contributed by atoms with Crippen LogP contribution in [-0.2, 0) is 26.3 Å². The van der Waals surface area contributed by atoms with Crippen LogP contribution in [0.4, 0.5) is 18.9 Å². The summed E-state index contributed by atoms with van der Waals surface area (Å²) in [6, 6.07) is 17.5. The standard InChI is InChI=1S/C27H25ClF3NO4/c1-26(2,3)19-9-5-17(6-10-19)16-32(24(33)25(34)35-4)23-14-11-20(28)15-22(23)18-7-12-21(13-8-18)36-27(29,30)31/h5-15H,16H2,1-4H3. The second-order valence-electron chi connectivity index (χ2n) is 9.06. The number of hydrogen-bond acceptors (Lipinski definition) is 4. The molecule has 0 heterocycles. The van der Waals surface area contributed by atoms with Gasteiger partial charge in [0, 0.05) is 10.6 Å². The van der Waals surface area contributed by atoms with E-state index in [0.717, 1.165) is 30.4 Å². The van der Waals surface area contributed by atoms with E-state index in [1.54, 1.807) is 18.2 Å². The van der Waals surface area contributed by atoms with Gasteiger partial charge in [-0.2, -0.15) is 0 Å². The van der Waals surface area contributed by atoms with Crippen LogP contribution in [0.25, 0.3) is 11.1 Å². The van der Waals surface area contributed by atoms with Crippen LogP contribution in [0, 0.1) is 0 Å². The summed E-state index contributed by atoms with van der Waals surface area (Å²) >= 11 is 6.21. The first kappa shape index (κ1) is 27.1. The molecular formula is C27H25ClF3NO4. The molecule has 0 N–H and O–H groups in total. The van der Waals surface area contributed by atoms with Crippen molar-refractivity contribution in [3.8, 4) is 16.9 Å². The van der Waals surface area contributed by atoms with Gasteiger partial charge in [0.15, 0.2) is 0 Å². The smallest absolute Gasteiger partial charge is 0.462 e. The van der Waals surface area contributed by atoms with Crippen LogP contribution in [0.15, 0.2) is 66.7 Å². The first-order valence-corrected chi connectivity index (χ1v) is 11.3. The molecule has 0 radical (unpaired) electrons. The Kier molecular flexibility index (Phi) is 7.99. The van der Waals surface area contributed by atoms with Crippen LogP contribution in [-0.4, -0.2) is 25.3 Å². The second-order valence-corrected chi connectivity index (χ2v) is 9.50. The van der Waals surface area contributed by atoms with Gasteiger partial charge in [0.05, 0.1) is 19.3 Å². The van der Waals surface area contributed by atoms with Crippen molar-refractivity contribution in [2.75, 3.05) is 12.0 Å². The maximum Gasteiger partial charge on any atom is 0.573 e. The van der Waals surface area contributed by atoms with E-state index in [1.807, 2.05) is 24.3 Å². The summed E-state index contributed by atoms with van der Waals surface area (Å²) in [7, 11) is 1.11. The summed E-state index contributed by atoms with van der Waals surface area (Å²) in [6.07, 6.45) is -4.82. The normalized spacial score (nSPS) is 11.7. The van der Waals surface area contributed by atoms with E-state index in [1.165, 1.54) is 17.0 Å². The van der Waals surface area contributed by atoms with Gasteiger partial charge >= 0.3 is 18.2 Å². The van der Waals surface area contributed by atoms with Gasteiger partial charge in [0.25, 0.3) is 0 Å². The van der Waals surface area contributed by atoms with Gasteiger partial charge < -0.3 is 9.47 Å². The Hall–Kier alpha value is -3.52. The predicted molar refractivity (Wildman–Crippen MR) is 132 cm³/mol. The molecule has 190 valence electrons. The van der Waals surface area contributed by atoms with Gasteiger partial charge in [0.1, 0.15) is 5.75 Å². The largest absolute Gasteiger partial charge is 0.573 e. The Morgan fingerprint density at radius 1 is 0.917 bits per heavy atom. The summed E-state index contributed by atoms with van der Waals surface area (Å²) < 4.78 is 46.3. The molecule has 0 aliphatic heterocycles. The number of hydrogen-bond donors (Lipinski definition) is 0. The van der Waals surface area contributed by atoms with E-state index in [2.05, 4.69) is 30.2 Å². The molecule has 36 heavy (non-hydrogen) atoms. The van der Waals surface area contributed by atoms with E-state index in [-0.39, 0.29) is 12.0 Å². The molecule has 0 bridgehead atoms. The second kappa shape index (κ2) is 10.6. The van der Waals surface area contributed by atoms with Crippen molar-refractivity contribution in [1.29, 1.82) is 0 Å². The maximum absolute atomic E-state index is 13.1. The minimum Gasteiger partial charge on any atom is -0.462 e. The van der Waals surface area contributed by atoms with E-state index < -0.39 is 24.0 Å². The topological polar surface area (TPSA) is 55.8 Å². The van der Waals surface area contributed by atoms with Crippen molar-refractivity contribution >= 4 is 29.2 Å². The predicted octanol–water partition coefficient (Wildman–Crippen LogP) is 6.91. The van der Waals surface area contributed by atoms with Crippen molar-refractivity contribution in [1.82, 2.24) is 0 Å². The molecule has 9 heteroatoms. The first-order valence-electron chi connectivity index (χ1n) is 10.9. The SMILES string of the molecule is COC(=O)C(=O)N(Cc1ccc(C(C)(C)C)cc1)c1ccc(Cl)cc1-c1ccc(OC(F)(F)F)cc1. The highest BCUT2D eigenvalue weighted by atomic mass is 35.5.